The lowest BCUT2D eigenvalue weighted by Crippen LogP contribution is -2.45. The molecule has 3 rings (SSSR count). The number of hydrogen-bond acceptors (Lipinski definition) is 3. The van der Waals surface area contributed by atoms with Crippen LogP contribution in [-0.2, 0) is 9.53 Å². The Morgan fingerprint density at radius 2 is 1.88 bits per heavy atom. The van der Waals surface area contributed by atoms with Crippen molar-refractivity contribution < 1.29 is 23.8 Å². The summed E-state index contributed by atoms with van der Waals surface area (Å²) in [6.45, 7) is 5.85. The van der Waals surface area contributed by atoms with Crippen molar-refractivity contribution in [2.75, 3.05) is 6.54 Å². The number of carbonyl (C=O) groups is 2. The molecule has 24 heavy (non-hydrogen) atoms. The zero-order chi connectivity index (χ0) is 18.1. The minimum atomic E-state index is -0.921. The van der Waals surface area contributed by atoms with Gasteiger partial charge < -0.3 is 9.84 Å². The number of aliphatic carboxylic acids is 1. The van der Waals surface area contributed by atoms with Crippen molar-refractivity contribution >= 4 is 23.7 Å². The Hall–Kier alpha value is -1.82. The molecule has 3 unspecified atom stereocenters. The van der Waals surface area contributed by atoms with Gasteiger partial charge in [0.2, 0.25) is 0 Å². The fraction of sp³-hybridized carbons (Fsp3) is 0.529. The molecule has 1 aliphatic heterocycles. The molecule has 0 bridgehead atoms. The smallest absolute Gasteiger partial charge is 0.411 e. The van der Waals surface area contributed by atoms with Crippen molar-refractivity contribution in [2.24, 2.45) is 11.8 Å². The number of carboxylic acid groups (broad SMARTS) is 1. The topological polar surface area (TPSA) is 66.8 Å². The number of halogens is 2. The van der Waals surface area contributed by atoms with E-state index < -0.39 is 23.7 Å². The van der Waals surface area contributed by atoms with Crippen molar-refractivity contribution in [3.63, 3.8) is 0 Å². The molecule has 1 saturated carbocycles. The number of fused-ring (bicyclic) bond motifs is 1. The molecule has 1 saturated heterocycles. The SMILES string of the molecule is CC(C)(C)OC(=O)N1CC2CC2C1C(=O)O.Fc1ccc(Cl)cc1. The summed E-state index contributed by atoms with van der Waals surface area (Å²) in [6, 6.07) is 4.98. The number of nitrogens with zero attached hydrogens (tertiary/aromatic N) is 1. The summed E-state index contributed by atoms with van der Waals surface area (Å²) in [4.78, 5) is 24.2. The molecule has 1 N–H and O–H groups in total. The molecule has 3 atom stereocenters. The number of hydrogen-bond donors (Lipinski definition) is 1. The molecule has 0 aromatic heterocycles. The van der Waals surface area contributed by atoms with E-state index in [4.69, 9.17) is 21.4 Å². The first-order valence-electron chi connectivity index (χ1n) is 7.72. The Balaban J connectivity index is 0.000000219. The molecule has 0 radical (unpaired) electrons. The lowest BCUT2D eigenvalue weighted by Gasteiger charge is -2.28. The molecule has 1 aromatic carbocycles. The summed E-state index contributed by atoms with van der Waals surface area (Å²) < 4.78 is 17.2. The summed E-state index contributed by atoms with van der Waals surface area (Å²) in [5.74, 6) is -0.663. The number of ether oxygens (including phenoxy) is 1. The maximum atomic E-state index is 12.0. The molecule has 5 nitrogen and oxygen atoms in total. The summed E-state index contributed by atoms with van der Waals surface area (Å²) >= 11 is 5.44. The molecule has 0 spiro atoms. The van der Waals surface area contributed by atoms with E-state index in [1.54, 1.807) is 20.8 Å². The van der Waals surface area contributed by atoms with Gasteiger partial charge in [-0.1, -0.05) is 11.6 Å². The highest BCUT2D eigenvalue weighted by molar-refractivity contribution is 6.30. The maximum Gasteiger partial charge on any atom is 0.411 e. The van der Waals surface area contributed by atoms with Crippen molar-refractivity contribution in [1.29, 1.82) is 0 Å². The second-order valence-corrected chi connectivity index (χ2v) is 7.45. The van der Waals surface area contributed by atoms with Gasteiger partial charge in [0.1, 0.15) is 17.5 Å². The van der Waals surface area contributed by atoms with Gasteiger partial charge in [-0.05, 0) is 63.3 Å². The van der Waals surface area contributed by atoms with Crippen LogP contribution in [0.5, 0.6) is 0 Å². The average molecular weight is 358 g/mol. The van der Waals surface area contributed by atoms with E-state index in [-0.39, 0.29) is 11.7 Å². The normalized spacial score (nSPS) is 24.5. The first-order chi connectivity index (χ1) is 11.1. The highest BCUT2D eigenvalue weighted by Gasteiger charge is 2.57. The van der Waals surface area contributed by atoms with E-state index >= 15 is 0 Å². The van der Waals surface area contributed by atoms with Gasteiger partial charge in [-0.15, -0.1) is 0 Å². The van der Waals surface area contributed by atoms with Crippen LogP contribution in [0.25, 0.3) is 0 Å². The van der Waals surface area contributed by atoms with Crippen LogP contribution in [0.1, 0.15) is 27.2 Å². The number of benzene rings is 1. The van der Waals surface area contributed by atoms with Crippen LogP contribution in [0.4, 0.5) is 9.18 Å². The van der Waals surface area contributed by atoms with Gasteiger partial charge in [0.25, 0.3) is 0 Å². The molecule has 1 heterocycles. The minimum absolute atomic E-state index is 0.144. The Kier molecular flexibility index (Phi) is 5.38. The van der Waals surface area contributed by atoms with E-state index in [1.807, 2.05) is 0 Å². The molecule has 2 aliphatic rings. The predicted molar refractivity (Wildman–Crippen MR) is 87.4 cm³/mol. The van der Waals surface area contributed by atoms with Crippen molar-refractivity contribution in [1.82, 2.24) is 4.90 Å². The van der Waals surface area contributed by atoms with Gasteiger partial charge in [0, 0.05) is 11.6 Å². The number of rotatable bonds is 1. The largest absolute Gasteiger partial charge is 0.480 e. The van der Waals surface area contributed by atoms with E-state index in [0.717, 1.165) is 6.42 Å². The fourth-order valence-electron chi connectivity index (χ4n) is 2.72. The Labute approximate surface area is 145 Å². The third-order valence-corrected chi connectivity index (χ3v) is 4.09. The molecule has 2 fully saturated rings. The summed E-state index contributed by atoms with van der Waals surface area (Å²) in [5, 5.41) is 9.64. The monoisotopic (exact) mass is 357 g/mol. The van der Waals surface area contributed by atoms with Crippen LogP contribution in [-0.4, -0.2) is 40.3 Å². The standard InChI is InChI=1S/C11H17NO4.C6H4ClF/c1-11(2,3)16-10(15)12-5-6-4-7(6)8(12)9(13)14;7-5-1-3-6(8)4-2-5/h6-8H,4-5H2,1-3H3,(H,13,14);1-4H. The highest BCUT2D eigenvalue weighted by atomic mass is 35.5. The molecule has 1 aromatic rings. The van der Waals surface area contributed by atoms with E-state index in [9.17, 15) is 14.0 Å². The Bertz CT molecular complexity index is 593. The number of likely N-dealkylation sites (tertiary alicyclic amines) is 1. The number of carboxylic acids is 1. The third-order valence-electron chi connectivity index (χ3n) is 3.83. The highest BCUT2D eigenvalue weighted by Crippen LogP contribution is 2.49. The summed E-state index contributed by atoms with van der Waals surface area (Å²) in [7, 11) is 0. The van der Waals surface area contributed by atoms with Crippen LogP contribution in [0, 0.1) is 17.7 Å². The maximum absolute atomic E-state index is 12.0. The van der Waals surface area contributed by atoms with Crippen LogP contribution in [0.3, 0.4) is 0 Å². The predicted octanol–water partition coefficient (Wildman–Crippen LogP) is 3.81. The zero-order valence-electron chi connectivity index (χ0n) is 13.8. The van der Waals surface area contributed by atoms with Crippen molar-refractivity contribution in [3.8, 4) is 0 Å². The second kappa shape index (κ2) is 6.97. The van der Waals surface area contributed by atoms with Gasteiger partial charge >= 0.3 is 12.1 Å². The van der Waals surface area contributed by atoms with Crippen LogP contribution < -0.4 is 0 Å². The summed E-state index contributed by atoms with van der Waals surface area (Å²) in [5.41, 5.74) is -0.576. The van der Waals surface area contributed by atoms with Gasteiger partial charge in [0.15, 0.2) is 0 Å². The number of amides is 1. The fourth-order valence-corrected chi connectivity index (χ4v) is 2.85. The van der Waals surface area contributed by atoms with Crippen LogP contribution in [0.15, 0.2) is 24.3 Å². The molecule has 1 amide bonds. The first-order valence-corrected chi connectivity index (χ1v) is 8.10. The lowest BCUT2D eigenvalue weighted by molar-refractivity contribution is -0.142. The molecular weight excluding hydrogens is 337 g/mol. The Morgan fingerprint density at radius 3 is 2.33 bits per heavy atom. The first kappa shape index (κ1) is 18.5. The lowest BCUT2D eigenvalue weighted by atomic mass is 10.2. The van der Waals surface area contributed by atoms with Gasteiger partial charge in [0.05, 0.1) is 0 Å². The van der Waals surface area contributed by atoms with Gasteiger partial charge in [-0.25, -0.2) is 14.0 Å². The van der Waals surface area contributed by atoms with E-state index in [2.05, 4.69) is 0 Å². The van der Waals surface area contributed by atoms with Crippen molar-refractivity contribution in [2.45, 2.75) is 38.8 Å². The Morgan fingerprint density at radius 1 is 1.29 bits per heavy atom. The van der Waals surface area contributed by atoms with Gasteiger partial charge in [-0.2, -0.15) is 0 Å². The molecule has 1 aliphatic carbocycles. The molecule has 132 valence electrons. The van der Waals surface area contributed by atoms with Gasteiger partial charge in [-0.3, -0.25) is 4.90 Å². The number of carbonyl (C=O) groups excluding carboxylic acids is 1. The average Bonchev–Trinajstić information content (AvgIpc) is 3.10. The quantitative estimate of drug-likeness (QED) is 0.830. The third kappa shape index (κ3) is 4.84. The van der Waals surface area contributed by atoms with E-state index in [0.29, 0.717) is 17.5 Å². The van der Waals surface area contributed by atoms with Crippen LogP contribution >= 0.6 is 11.6 Å². The second-order valence-electron chi connectivity index (χ2n) is 7.01. The van der Waals surface area contributed by atoms with E-state index in [1.165, 1.54) is 29.2 Å². The van der Waals surface area contributed by atoms with Crippen molar-refractivity contribution in [3.05, 3.63) is 35.1 Å². The zero-order valence-corrected chi connectivity index (χ0v) is 14.6. The molecular formula is C17H21ClFNO4. The minimum Gasteiger partial charge on any atom is -0.480 e. The van der Waals surface area contributed by atoms with Crippen LogP contribution in [0.2, 0.25) is 5.02 Å². The molecule has 7 heteroatoms. The summed E-state index contributed by atoms with van der Waals surface area (Å²) in [6.07, 6.45) is 0.420. The number of piperidine rings is 1.